The molecule has 0 N–H and O–H groups in total. The number of hydrogen-bond donors (Lipinski definition) is 0. The maximum absolute atomic E-state index is 4.58. The minimum absolute atomic E-state index is 0.503. The van der Waals surface area contributed by atoms with Crippen LogP contribution in [0.1, 0.15) is 36.5 Å². The van der Waals surface area contributed by atoms with E-state index in [9.17, 15) is 0 Å². The Labute approximate surface area is 127 Å². The molecule has 0 atom stereocenters. The second-order valence-electron chi connectivity index (χ2n) is 5.75. The average Bonchev–Trinajstić information content (AvgIpc) is 2.46. The largest absolute Gasteiger partial charge is 0.269 e. The monoisotopic (exact) mass is 281 g/mol. The minimum atomic E-state index is 0.503. The Morgan fingerprint density at radius 3 is 2.43 bits per heavy atom. The van der Waals surface area contributed by atoms with Crippen molar-refractivity contribution in [1.29, 1.82) is 0 Å². The smallest absolute Gasteiger partial charge is 0.0705 e. The maximum atomic E-state index is 4.58. The van der Waals surface area contributed by atoms with Crippen molar-refractivity contribution < 1.29 is 0 Å². The molecule has 0 radical (unpaired) electrons. The van der Waals surface area contributed by atoms with Gasteiger partial charge in [0.05, 0.1) is 11.4 Å². The summed E-state index contributed by atoms with van der Waals surface area (Å²) in [7, 11) is 1.90. The van der Waals surface area contributed by atoms with Crippen molar-refractivity contribution in [3.05, 3.63) is 47.2 Å². The molecule has 0 aliphatic heterocycles. The van der Waals surface area contributed by atoms with Gasteiger partial charge in [-0.1, -0.05) is 19.9 Å². The zero-order chi connectivity index (χ0) is 15.6. The van der Waals surface area contributed by atoms with Crippen molar-refractivity contribution in [3.63, 3.8) is 0 Å². The standard InChI is InChI=1S/C18H23N3/c1-12(2)16-10-17(20-11-14(16)4)15-7-8-18(13(3)9-15)21(6)19-5/h7-12H,5H2,1-4,6H3. The highest BCUT2D eigenvalue weighted by Gasteiger charge is 2.09. The number of aromatic nitrogens is 1. The fraction of sp³-hybridized carbons (Fsp3) is 0.333. The number of hydrazone groups is 1. The zero-order valence-electron chi connectivity index (χ0n) is 13.5. The highest BCUT2D eigenvalue weighted by atomic mass is 15.4. The SMILES string of the molecule is C=NN(C)c1ccc(-c2cc(C(C)C)c(C)cn2)cc1C. The Morgan fingerprint density at radius 1 is 1.14 bits per heavy atom. The summed E-state index contributed by atoms with van der Waals surface area (Å²) >= 11 is 0. The van der Waals surface area contributed by atoms with Gasteiger partial charge in [0, 0.05) is 25.5 Å². The Balaban J connectivity index is 2.46. The lowest BCUT2D eigenvalue weighted by Crippen LogP contribution is -2.08. The maximum Gasteiger partial charge on any atom is 0.0705 e. The highest BCUT2D eigenvalue weighted by Crippen LogP contribution is 2.28. The van der Waals surface area contributed by atoms with E-state index in [1.165, 1.54) is 11.1 Å². The van der Waals surface area contributed by atoms with Crippen LogP contribution in [0.15, 0.2) is 35.6 Å². The summed E-state index contributed by atoms with van der Waals surface area (Å²) < 4.78 is 0. The van der Waals surface area contributed by atoms with E-state index in [0.29, 0.717) is 5.92 Å². The third-order valence-corrected chi connectivity index (χ3v) is 3.82. The predicted molar refractivity (Wildman–Crippen MR) is 91.2 cm³/mol. The van der Waals surface area contributed by atoms with Gasteiger partial charge in [-0.05, 0) is 54.7 Å². The number of anilines is 1. The summed E-state index contributed by atoms with van der Waals surface area (Å²) in [6.07, 6.45) is 1.96. The summed E-state index contributed by atoms with van der Waals surface area (Å²) in [5.74, 6) is 0.503. The number of aryl methyl sites for hydroxylation is 2. The van der Waals surface area contributed by atoms with E-state index < -0.39 is 0 Å². The van der Waals surface area contributed by atoms with Crippen molar-refractivity contribution in [1.82, 2.24) is 4.98 Å². The molecule has 3 nitrogen and oxygen atoms in total. The first-order chi connectivity index (χ1) is 9.93. The fourth-order valence-electron chi connectivity index (χ4n) is 2.57. The number of pyridine rings is 1. The Morgan fingerprint density at radius 2 is 1.86 bits per heavy atom. The average molecular weight is 281 g/mol. The van der Waals surface area contributed by atoms with E-state index in [0.717, 1.165) is 22.5 Å². The zero-order valence-corrected chi connectivity index (χ0v) is 13.5. The van der Waals surface area contributed by atoms with Crippen LogP contribution in [0.2, 0.25) is 0 Å². The van der Waals surface area contributed by atoms with Crippen LogP contribution in [-0.4, -0.2) is 18.7 Å². The summed E-state index contributed by atoms with van der Waals surface area (Å²) in [5, 5.41) is 5.72. The van der Waals surface area contributed by atoms with E-state index >= 15 is 0 Å². The van der Waals surface area contributed by atoms with E-state index in [1.54, 1.807) is 5.01 Å². The Bertz CT molecular complexity index is 660. The van der Waals surface area contributed by atoms with Gasteiger partial charge in [0.2, 0.25) is 0 Å². The van der Waals surface area contributed by atoms with Crippen molar-refractivity contribution in [2.24, 2.45) is 5.10 Å². The number of benzene rings is 1. The van der Waals surface area contributed by atoms with Crippen LogP contribution in [0.5, 0.6) is 0 Å². The lowest BCUT2D eigenvalue weighted by molar-refractivity contribution is 0.852. The quantitative estimate of drug-likeness (QED) is 0.608. The van der Waals surface area contributed by atoms with Gasteiger partial charge >= 0.3 is 0 Å². The molecule has 0 saturated carbocycles. The van der Waals surface area contributed by atoms with Crippen LogP contribution in [-0.2, 0) is 0 Å². The first-order valence-electron chi connectivity index (χ1n) is 7.22. The molecule has 0 fully saturated rings. The molecule has 1 aromatic heterocycles. The first-order valence-corrected chi connectivity index (χ1v) is 7.22. The highest BCUT2D eigenvalue weighted by molar-refractivity contribution is 5.67. The lowest BCUT2D eigenvalue weighted by Gasteiger charge is -2.16. The van der Waals surface area contributed by atoms with Gasteiger partial charge in [0.25, 0.3) is 0 Å². The summed E-state index contributed by atoms with van der Waals surface area (Å²) in [5.41, 5.74) is 6.98. The van der Waals surface area contributed by atoms with Crippen molar-refractivity contribution >= 4 is 12.4 Å². The van der Waals surface area contributed by atoms with Crippen molar-refractivity contribution in [2.45, 2.75) is 33.6 Å². The van der Waals surface area contributed by atoms with Crippen LogP contribution in [0.4, 0.5) is 5.69 Å². The van der Waals surface area contributed by atoms with Crippen LogP contribution < -0.4 is 5.01 Å². The van der Waals surface area contributed by atoms with Crippen LogP contribution in [0.3, 0.4) is 0 Å². The lowest BCUT2D eigenvalue weighted by atomic mass is 9.97. The van der Waals surface area contributed by atoms with E-state index in [2.05, 4.69) is 68.8 Å². The van der Waals surface area contributed by atoms with E-state index in [4.69, 9.17) is 0 Å². The first kappa shape index (κ1) is 15.2. The molecule has 2 aromatic rings. The van der Waals surface area contributed by atoms with Crippen molar-refractivity contribution in [3.8, 4) is 11.3 Å². The Kier molecular flexibility index (Phi) is 4.41. The molecule has 1 heterocycles. The topological polar surface area (TPSA) is 28.5 Å². The molecular formula is C18H23N3. The second kappa shape index (κ2) is 6.08. The third-order valence-electron chi connectivity index (χ3n) is 3.82. The van der Waals surface area contributed by atoms with Crippen LogP contribution >= 0.6 is 0 Å². The molecule has 2 rings (SSSR count). The van der Waals surface area contributed by atoms with E-state index in [1.807, 2.05) is 13.2 Å². The van der Waals surface area contributed by atoms with Gasteiger partial charge in [0.15, 0.2) is 0 Å². The summed E-state index contributed by atoms with van der Waals surface area (Å²) in [6.45, 7) is 12.2. The normalized spacial score (nSPS) is 10.8. The molecule has 110 valence electrons. The van der Waals surface area contributed by atoms with Gasteiger partial charge in [0.1, 0.15) is 0 Å². The molecule has 0 saturated heterocycles. The summed E-state index contributed by atoms with van der Waals surface area (Å²) in [4.78, 5) is 4.58. The fourth-order valence-corrected chi connectivity index (χ4v) is 2.57. The number of nitrogens with zero attached hydrogens (tertiary/aromatic N) is 3. The number of hydrogen-bond acceptors (Lipinski definition) is 3. The molecule has 0 aliphatic rings. The molecule has 21 heavy (non-hydrogen) atoms. The second-order valence-corrected chi connectivity index (χ2v) is 5.75. The molecule has 0 unspecified atom stereocenters. The van der Waals surface area contributed by atoms with Gasteiger partial charge in [-0.15, -0.1) is 0 Å². The molecule has 3 heteroatoms. The molecule has 1 aromatic carbocycles. The van der Waals surface area contributed by atoms with Gasteiger partial charge in [-0.25, -0.2) is 0 Å². The Hall–Kier alpha value is -2.16. The number of rotatable bonds is 4. The molecule has 0 amide bonds. The van der Waals surface area contributed by atoms with Crippen LogP contribution in [0.25, 0.3) is 11.3 Å². The molecule has 0 aliphatic carbocycles. The van der Waals surface area contributed by atoms with Gasteiger partial charge < -0.3 is 0 Å². The molecule has 0 bridgehead atoms. The van der Waals surface area contributed by atoms with Gasteiger partial charge in [-0.2, -0.15) is 5.10 Å². The molecule has 0 spiro atoms. The molecular weight excluding hydrogens is 258 g/mol. The van der Waals surface area contributed by atoms with Crippen molar-refractivity contribution in [2.75, 3.05) is 12.1 Å². The van der Waals surface area contributed by atoms with E-state index in [-0.39, 0.29) is 0 Å². The van der Waals surface area contributed by atoms with Gasteiger partial charge in [-0.3, -0.25) is 9.99 Å². The predicted octanol–water partition coefficient (Wildman–Crippen LogP) is 4.54. The minimum Gasteiger partial charge on any atom is -0.269 e. The van der Waals surface area contributed by atoms with Crippen LogP contribution in [0, 0.1) is 13.8 Å². The third kappa shape index (κ3) is 3.13. The summed E-state index contributed by atoms with van der Waals surface area (Å²) in [6, 6.07) is 8.50.